The van der Waals surface area contributed by atoms with E-state index in [1.54, 1.807) is 23.9 Å². The maximum atomic E-state index is 13.6. The first-order valence-electron chi connectivity index (χ1n) is 11.5. The van der Waals surface area contributed by atoms with Crippen molar-refractivity contribution in [2.24, 2.45) is 0 Å². The number of likely N-dealkylation sites (tertiary alicyclic amines) is 1. The highest BCUT2D eigenvalue weighted by molar-refractivity contribution is 7.99. The number of amides is 1. The number of ether oxygens (including phenoxy) is 1. The number of aliphatic hydroxyl groups is 1. The van der Waals surface area contributed by atoms with E-state index in [0.29, 0.717) is 36.7 Å². The van der Waals surface area contributed by atoms with E-state index in [0.717, 1.165) is 34.1 Å². The van der Waals surface area contributed by atoms with E-state index < -0.39 is 5.60 Å². The van der Waals surface area contributed by atoms with Crippen LogP contribution in [0.5, 0.6) is 5.75 Å². The zero-order chi connectivity index (χ0) is 23.5. The highest BCUT2D eigenvalue weighted by atomic mass is 35.5. The lowest BCUT2D eigenvalue weighted by molar-refractivity contribution is -0.119. The largest absolute Gasteiger partial charge is 0.491 e. The Morgan fingerprint density at radius 3 is 2.38 bits per heavy atom. The van der Waals surface area contributed by atoms with Gasteiger partial charge in [-0.05, 0) is 68.3 Å². The third-order valence-electron chi connectivity index (χ3n) is 6.35. The van der Waals surface area contributed by atoms with Crippen molar-refractivity contribution < 1.29 is 14.6 Å². The van der Waals surface area contributed by atoms with Crippen LogP contribution in [0.2, 0.25) is 5.02 Å². The number of rotatable bonds is 5. The molecule has 1 atom stereocenters. The van der Waals surface area contributed by atoms with Crippen molar-refractivity contribution in [3.8, 4) is 5.75 Å². The summed E-state index contributed by atoms with van der Waals surface area (Å²) in [6.07, 6.45) is 1.97. The van der Waals surface area contributed by atoms with Gasteiger partial charge >= 0.3 is 0 Å². The van der Waals surface area contributed by atoms with Crippen LogP contribution in [0.3, 0.4) is 0 Å². The van der Waals surface area contributed by atoms with E-state index >= 15 is 0 Å². The molecule has 1 unspecified atom stereocenters. The average Bonchev–Trinajstić information content (AvgIpc) is 3.03. The van der Waals surface area contributed by atoms with Crippen LogP contribution in [0, 0.1) is 0 Å². The lowest BCUT2D eigenvalue weighted by Crippen LogP contribution is -2.41. The van der Waals surface area contributed by atoms with E-state index in [-0.39, 0.29) is 12.5 Å². The number of halogens is 1. The normalized spacial score (nSPS) is 20.2. The Kier molecular flexibility index (Phi) is 6.84. The number of anilines is 2. The molecule has 3 aromatic rings. The molecule has 0 radical (unpaired) electrons. The molecule has 1 amide bonds. The van der Waals surface area contributed by atoms with Crippen LogP contribution in [-0.4, -0.2) is 47.8 Å². The van der Waals surface area contributed by atoms with Crippen molar-refractivity contribution in [2.45, 2.75) is 34.7 Å². The number of benzene rings is 3. The highest BCUT2D eigenvalue weighted by Gasteiger charge is 2.33. The molecule has 1 N–H and O–H groups in total. The van der Waals surface area contributed by atoms with Gasteiger partial charge in [0.2, 0.25) is 5.91 Å². The van der Waals surface area contributed by atoms with Gasteiger partial charge in [0, 0.05) is 21.4 Å². The molecule has 2 aliphatic rings. The molecule has 3 aromatic carbocycles. The van der Waals surface area contributed by atoms with Gasteiger partial charge in [-0.2, -0.15) is 0 Å². The van der Waals surface area contributed by atoms with E-state index in [2.05, 4.69) is 17.0 Å². The number of hydrogen-bond donors (Lipinski definition) is 1. The number of nitrogens with zero attached hydrogens (tertiary/aromatic N) is 2. The molecule has 0 aromatic heterocycles. The molecule has 0 saturated carbocycles. The van der Waals surface area contributed by atoms with Gasteiger partial charge in [0.25, 0.3) is 0 Å². The van der Waals surface area contributed by atoms with Gasteiger partial charge in [0.05, 0.1) is 23.5 Å². The standard InChI is InChI=1S/C27H27ClN2O3S/c28-20-7-5-8-21(17-20)33-19-27(32)13-6-15-29(16-14-27)18-26(31)30-22-9-1-3-11-24(22)34-25-12-4-2-10-23(25)30/h1-5,7-12,17,32H,6,13-16,18-19H2. The molecule has 34 heavy (non-hydrogen) atoms. The number of para-hydroxylation sites is 2. The molecule has 2 aliphatic heterocycles. The van der Waals surface area contributed by atoms with Crippen LogP contribution in [-0.2, 0) is 4.79 Å². The molecular formula is C27H27ClN2O3S. The Balaban J connectivity index is 1.26. The number of carbonyl (C=O) groups excluding carboxylic acids is 1. The summed E-state index contributed by atoms with van der Waals surface area (Å²) in [6.45, 7) is 1.90. The quantitative estimate of drug-likeness (QED) is 0.488. The fraction of sp³-hybridized carbons (Fsp3) is 0.296. The molecule has 0 bridgehead atoms. The van der Waals surface area contributed by atoms with Gasteiger partial charge in [-0.25, -0.2) is 0 Å². The van der Waals surface area contributed by atoms with E-state index in [4.69, 9.17) is 16.3 Å². The van der Waals surface area contributed by atoms with Gasteiger partial charge in [-0.1, -0.05) is 53.7 Å². The Morgan fingerprint density at radius 1 is 0.971 bits per heavy atom. The Labute approximate surface area is 209 Å². The molecule has 7 heteroatoms. The Morgan fingerprint density at radius 2 is 1.68 bits per heavy atom. The summed E-state index contributed by atoms with van der Waals surface area (Å²) >= 11 is 7.73. The maximum absolute atomic E-state index is 13.6. The third kappa shape index (κ3) is 5.10. The lowest BCUT2D eigenvalue weighted by atomic mass is 9.96. The first kappa shape index (κ1) is 23.2. The van der Waals surface area contributed by atoms with Crippen LogP contribution in [0.25, 0.3) is 0 Å². The maximum Gasteiger partial charge on any atom is 0.245 e. The zero-order valence-corrected chi connectivity index (χ0v) is 20.4. The zero-order valence-electron chi connectivity index (χ0n) is 18.8. The summed E-state index contributed by atoms with van der Waals surface area (Å²) in [6, 6.07) is 23.3. The molecule has 1 fully saturated rings. The van der Waals surface area contributed by atoms with Crippen LogP contribution >= 0.6 is 23.4 Å². The monoisotopic (exact) mass is 494 g/mol. The molecule has 176 valence electrons. The summed E-state index contributed by atoms with van der Waals surface area (Å²) < 4.78 is 5.84. The molecule has 2 heterocycles. The molecule has 1 saturated heterocycles. The predicted octanol–water partition coefficient (Wildman–Crippen LogP) is 5.77. The lowest BCUT2D eigenvalue weighted by Gasteiger charge is -2.32. The Hall–Kier alpha value is -2.51. The van der Waals surface area contributed by atoms with Crippen molar-refractivity contribution in [3.05, 3.63) is 77.8 Å². The van der Waals surface area contributed by atoms with E-state index in [1.165, 1.54) is 0 Å². The molecule has 0 aliphatic carbocycles. The SMILES string of the molecule is O=C(CN1CCCC(O)(COc2cccc(Cl)c2)CC1)N1c2ccccc2Sc2ccccc21. The first-order chi connectivity index (χ1) is 16.5. The van der Waals surface area contributed by atoms with Crippen LogP contribution in [0.15, 0.2) is 82.6 Å². The summed E-state index contributed by atoms with van der Waals surface area (Å²) in [4.78, 5) is 19.7. The van der Waals surface area contributed by atoms with Crippen molar-refractivity contribution in [1.82, 2.24) is 4.90 Å². The second-order valence-electron chi connectivity index (χ2n) is 8.87. The van der Waals surface area contributed by atoms with Crippen molar-refractivity contribution in [3.63, 3.8) is 0 Å². The number of fused-ring (bicyclic) bond motifs is 2. The smallest absolute Gasteiger partial charge is 0.245 e. The molecule has 5 nitrogen and oxygen atoms in total. The molecule has 5 rings (SSSR count). The van der Waals surface area contributed by atoms with Crippen molar-refractivity contribution in [2.75, 3.05) is 31.1 Å². The van der Waals surface area contributed by atoms with Gasteiger partial charge in [0.15, 0.2) is 0 Å². The fourth-order valence-corrected chi connectivity index (χ4v) is 5.79. The average molecular weight is 495 g/mol. The highest BCUT2D eigenvalue weighted by Crippen LogP contribution is 2.47. The minimum absolute atomic E-state index is 0.0424. The minimum atomic E-state index is -0.929. The van der Waals surface area contributed by atoms with E-state index in [1.807, 2.05) is 53.4 Å². The van der Waals surface area contributed by atoms with Crippen molar-refractivity contribution >= 4 is 40.6 Å². The van der Waals surface area contributed by atoms with Gasteiger partial charge in [-0.15, -0.1) is 0 Å². The third-order valence-corrected chi connectivity index (χ3v) is 7.72. The summed E-state index contributed by atoms with van der Waals surface area (Å²) in [7, 11) is 0. The minimum Gasteiger partial charge on any atom is -0.491 e. The van der Waals surface area contributed by atoms with Gasteiger partial charge in [0.1, 0.15) is 12.4 Å². The topological polar surface area (TPSA) is 53.0 Å². The fourth-order valence-electron chi connectivity index (χ4n) is 4.55. The predicted molar refractivity (Wildman–Crippen MR) is 136 cm³/mol. The second-order valence-corrected chi connectivity index (χ2v) is 10.4. The summed E-state index contributed by atoms with van der Waals surface area (Å²) in [5, 5.41) is 11.8. The number of carbonyl (C=O) groups is 1. The van der Waals surface area contributed by atoms with Gasteiger partial charge < -0.3 is 9.84 Å². The van der Waals surface area contributed by atoms with Crippen molar-refractivity contribution in [1.29, 1.82) is 0 Å². The molecular weight excluding hydrogens is 468 g/mol. The second kappa shape index (κ2) is 10.0. The van der Waals surface area contributed by atoms with Gasteiger partial charge in [-0.3, -0.25) is 14.6 Å². The summed E-state index contributed by atoms with van der Waals surface area (Å²) in [5.74, 6) is 0.693. The first-order valence-corrected chi connectivity index (χ1v) is 12.7. The van der Waals surface area contributed by atoms with E-state index in [9.17, 15) is 9.90 Å². The molecule has 0 spiro atoms. The Bertz CT molecular complexity index is 1140. The van der Waals surface area contributed by atoms with Crippen LogP contribution in [0.1, 0.15) is 19.3 Å². The number of hydrogen-bond acceptors (Lipinski definition) is 5. The summed E-state index contributed by atoms with van der Waals surface area (Å²) in [5.41, 5.74) is 0.927. The van der Waals surface area contributed by atoms with Crippen LogP contribution < -0.4 is 9.64 Å². The van der Waals surface area contributed by atoms with Crippen LogP contribution in [0.4, 0.5) is 11.4 Å².